The zero-order chi connectivity index (χ0) is 18.6. The van der Waals surface area contributed by atoms with Crippen molar-refractivity contribution in [3.8, 4) is 0 Å². The van der Waals surface area contributed by atoms with Crippen molar-refractivity contribution in [2.24, 2.45) is 16.8 Å². The molecule has 5 nitrogen and oxygen atoms in total. The summed E-state index contributed by atoms with van der Waals surface area (Å²) in [5.41, 5.74) is -0.517. The zero-order valence-corrected chi connectivity index (χ0v) is 16.1. The summed E-state index contributed by atoms with van der Waals surface area (Å²) in [6, 6.07) is 0. The Morgan fingerprint density at radius 1 is 1.28 bits per heavy atom. The first kappa shape index (κ1) is 18.2. The lowest BCUT2D eigenvalue weighted by molar-refractivity contribution is -0.134. The normalized spacial score (nSPS) is 35.4. The van der Waals surface area contributed by atoms with Crippen LogP contribution in [0.4, 0.5) is 0 Å². The van der Waals surface area contributed by atoms with Gasteiger partial charge in [-0.2, -0.15) is 0 Å². The fraction of sp³-hybridized carbons (Fsp3) is 0.700. The van der Waals surface area contributed by atoms with Crippen LogP contribution in [-0.4, -0.2) is 47.5 Å². The van der Waals surface area contributed by atoms with Crippen LogP contribution in [0.1, 0.15) is 47.0 Å². The molecule has 3 aliphatic heterocycles. The molecule has 1 spiro atoms. The number of carbonyl (C=O) groups excluding carboxylic acids is 1. The quantitative estimate of drug-likeness (QED) is 0.771. The molecular formula is C20H30N2O3. The van der Waals surface area contributed by atoms with Crippen LogP contribution in [0, 0.1) is 11.8 Å². The van der Waals surface area contributed by atoms with E-state index in [1.807, 2.05) is 0 Å². The third-order valence-corrected chi connectivity index (χ3v) is 5.71. The summed E-state index contributed by atoms with van der Waals surface area (Å²) in [4.78, 5) is 19.7. The lowest BCUT2D eigenvalue weighted by Crippen LogP contribution is -2.51. The number of carbonyl (C=O) groups is 1. The Hall–Kier alpha value is -1.62. The molecule has 0 aromatic heterocycles. The van der Waals surface area contributed by atoms with Gasteiger partial charge in [-0.05, 0) is 26.7 Å². The molecule has 0 bridgehead atoms. The van der Waals surface area contributed by atoms with Gasteiger partial charge in [0.1, 0.15) is 17.7 Å². The van der Waals surface area contributed by atoms with Crippen LogP contribution in [0.2, 0.25) is 0 Å². The van der Waals surface area contributed by atoms with Crippen LogP contribution in [0.3, 0.4) is 0 Å². The highest BCUT2D eigenvalue weighted by molar-refractivity contribution is 6.10. The van der Waals surface area contributed by atoms with E-state index in [1.165, 1.54) is 0 Å². The maximum absolute atomic E-state index is 13.1. The monoisotopic (exact) mass is 346 g/mol. The fourth-order valence-corrected chi connectivity index (χ4v) is 4.35. The molecule has 5 heteroatoms. The number of amides is 1. The van der Waals surface area contributed by atoms with Gasteiger partial charge in [-0.1, -0.05) is 27.0 Å². The fourth-order valence-electron chi connectivity index (χ4n) is 4.35. The minimum absolute atomic E-state index is 0.0121. The number of nitrogens with zero attached hydrogens (tertiary/aromatic N) is 2. The lowest BCUT2D eigenvalue weighted by atomic mass is 9.75. The number of hydrogen-bond acceptors (Lipinski definition) is 4. The molecule has 2 fully saturated rings. The molecule has 0 radical (unpaired) electrons. The Morgan fingerprint density at radius 2 is 1.96 bits per heavy atom. The summed E-state index contributed by atoms with van der Waals surface area (Å²) in [5, 5.41) is 0. The number of likely N-dealkylation sites (N-methyl/N-ethyl adjacent to an activating group) is 1. The number of rotatable bonds is 2. The van der Waals surface area contributed by atoms with Gasteiger partial charge in [0, 0.05) is 37.5 Å². The van der Waals surface area contributed by atoms with E-state index in [-0.39, 0.29) is 23.5 Å². The average molecular weight is 346 g/mol. The smallest absolute Gasteiger partial charge is 0.260 e. The summed E-state index contributed by atoms with van der Waals surface area (Å²) in [7, 11) is 1.80. The predicted molar refractivity (Wildman–Crippen MR) is 98.3 cm³/mol. The molecule has 0 aliphatic carbocycles. The molecule has 3 rings (SSSR count). The summed E-state index contributed by atoms with van der Waals surface area (Å²) < 4.78 is 11.9. The highest BCUT2D eigenvalue weighted by atomic mass is 16.5. The minimum Gasteiger partial charge on any atom is -0.490 e. The van der Waals surface area contributed by atoms with Gasteiger partial charge in [-0.25, -0.2) is 0 Å². The van der Waals surface area contributed by atoms with E-state index < -0.39 is 5.54 Å². The Balaban J connectivity index is 1.93. The predicted octanol–water partition coefficient (Wildman–Crippen LogP) is 3.32. The summed E-state index contributed by atoms with van der Waals surface area (Å²) >= 11 is 0. The van der Waals surface area contributed by atoms with E-state index in [2.05, 4.69) is 40.9 Å². The Labute approximate surface area is 150 Å². The molecule has 0 aromatic rings. The number of ether oxygens (including phenoxy) is 2. The van der Waals surface area contributed by atoms with Gasteiger partial charge in [0.2, 0.25) is 0 Å². The van der Waals surface area contributed by atoms with E-state index in [1.54, 1.807) is 11.9 Å². The molecule has 25 heavy (non-hydrogen) atoms. The minimum atomic E-state index is -0.948. The lowest BCUT2D eigenvalue weighted by Gasteiger charge is -2.44. The summed E-state index contributed by atoms with van der Waals surface area (Å²) in [5.74, 6) is 1.80. The maximum Gasteiger partial charge on any atom is 0.260 e. The van der Waals surface area contributed by atoms with Crippen LogP contribution in [0.25, 0.3) is 0 Å². The van der Waals surface area contributed by atoms with Crippen molar-refractivity contribution in [3.05, 3.63) is 24.5 Å². The van der Waals surface area contributed by atoms with Crippen LogP contribution < -0.4 is 0 Å². The van der Waals surface area contributed by atoms with E-state index in [0.717, 1.165) is 18.7 Å². The van der Waals surface area contributed by atoms with Crippen molar-refractivity contribution < 1.29 is 14.3 Å². The van der Waals surface area contributed by atoms with E-state index in [9.17, 15) is 4.79 Å². The van der Waals surface area contributed by atoms with E-state index in [4.69, 9.17) is 14.5 Å². The van der Waals surface area contributed by atoms with Gasteiger partial charge in [0.15, 0.2) is 5.54 Å². The molecule has 0 saturated carbocycles. The molecule has 0 N–H and O–H groups in total. The Morgan fingerprint density at radius 3 is 2.52 bits per heavy atom. The largest absolute Gasteiger partial charge is 0.490 e. The van der Waals surface area contributed by atoms with Crippen molar-refractivity contribution >= 4 is 11.7 Å². The third-order valence-electron chi connectivity index (χ3n) is 5.71. The number of aliphatic imine (C=N–C) groups is 1. The molecule has 138 valence electrons. The highest BCUT2D eigenvalue weighted by Gasteiger charge is 2.55. The molecular weight excluding hydrogens is 316 g/mol. The van der Waals surface area contributed by atoms with Crippen molar-refractivity contribution in [2.45, 2.75) is 64.2 Å². The molecule has 3 aliphatic rings. The molecule has 0 aromatic carbocycles. The van der Waals surface area contributed by atoms with Gasteiger partial charge in [0.25, 0.3) is 5.91 Å². The number of amidine groups is 1. The van der Waals surface area contributed by atoms with Crippen LogP contribution >= 0.6 is 0 Å². The van der Waals surface area contributed by atoms with Gasteiger partial charge < -0.3 is 14.4 Å². The maximum atomic E-state index is 13.1. The van der Waals surface area contributed by atoms with Crippen molar-refractivity contribution in [3.63, 3.8) is 0 Å². The summed E-state index contributed by atoms with van der Waals surface area (Å²) in [6.07, 6.45) is 2.27. The van der Waals surface area contributed by atoms with Gasteiger partial charge in [0.05, 0.1) is 5.60 Å². The second-order valence-corrected chi connectivity index (χ2v) is 8.47. The highest BCUT2D eigenvalue weighted by Crippen LogP contribution is 2.46. The second kappa shape index (κ2) is 5.97. The average Bonchev–Trinajstić information content (AvgIpc) is 2.77. The van der Waals surface area contributed by atoms with Crippen molar-refractivity contribution in [1.29, 1.82) is 0 Å². The van der Waals surface area contributed by atoms with Crippen LogP contribution in [0.15, 0.2) is 29.5 Å². The van der Waals surface area contributed by atoms with Gasteiger partial charge in [-0.15, -0.1) is 0 Å². The van der Waals surface area contributed by atoms with Crippen LogP contribution in [0.5, 0.6) is 0 Å². The third kappa shape index (κ3) is 2.92. The standard InChI is InChI=1S/C20H30N2O3/c1-12(2)17-21-20(18(23)22(17)7)11-16(25-14(4)13(20)3)15-8-9-24-19(5,6)10-15/h12,15-16H,3-4,8-11H2,1-2,5-7H3. The van der Waals surface area contributed by atoms with E-state index in [0.29, 0.717) is 30.3 Å². The van der Waals surface area contributed by atoms with Gasteiger partial charge >= 0.3 is 0 Å². The molecule has 1 amide bonds. The molecule has 3 heterocycles. The first-order valence-corrected chi connectivity index (χ1v) is 9.14. The Kier molecular flexibility index (Phi) is 4.34. The SMILES string of the molecule is C=C1OC(C2CCOC(C)(C)C2)CC2(N=C(C(C)C)N(C)C2=O)C1=C. The first-order chi connectivity index (χ1) is 11.6. The molecule has 3 atom stereocenters. The first-order valence-electron chi connectivity index (χ1n) is 9.14. The van der Waals surface area contributed by atoms with Gasteiger partial charge in [-0.3, -0.25) is 9.79 Å². The van der Waals surface area contributed by atoms with Crippen molar-refractivity contribution in [2.75, 3.05) is 13.7 Å². The van der Waals surface area contributed by atoms with Crippen LogP contribution in [-0.2, 0) is 14.3 Å². The summed E-state index contributed by atoms with van der Waals surface area (Å²) in [6.45, 7) is 17.2. The molecule has 2 saturated heterocycles. The van der Waals surface area contributed by atoms with E-state index >= 15 is 0 Å². The Bertz CT molecular complexity index is 649. The second-order valence-electron chi connectivity index (χ2n) is 8.47. The van der Waals surface area contributed by atoms with Crippen molar-refractivity contribution in [1.82, 2.24) is 4.90 Å². The number of hydrogen-bond donors (Lipinski definition) is 0. The molecule has 3 unspecified atom stereocenters. The zero-order valence-electron chi connectivity index (χ0n) is 16.1. The topological polar surface area (TPSA) is 51.1 Å².